The Bertz CT molecular complexity index is 1360. The molecule has 196 valence electrons. The minimum Gasteiger partial charge on any atom is -0.341 e. The standard InChI is InChI=1S/C28H29N5O4S/c29-18-19-13-15-22(16-14-19)25(27(34)23-12-7-17-31-23)32-28(35)26(33-38(30,36)37)24(20-8-3-1-4-9-20)21-10-5-2-6-11-21/h1-6,8-11,13-16,23-26,31,33H,7,12,17H2,(H,32,35)(H2,30,36,37)/t23-,25?,26+/m0/s1. The molecule has 0 aromatic heterocycles. The molecule has 0 spiro atoms. The number of Topliss-reactive ketones (excluding diaryl/α,β-unsaturated/α-hetero) is 1. The molecule has 5 N–H and O–H groups in total. The lowest BCUT2D eigenvalue weighted by Crippen LogP contribution is -2.54. The fourth-order valence-corrected chi connectivity index (χ4v) is 5.37. The Balaban J connectivity index is 1.75. The molecule has 1 fully saturated rings. The molecule has 0 saturated carbocycles. The number of carbonyl (C=O) groups excluding carboxylic acids is 2. The molecule has 1 saturated heterocycles. The van der Waals surface area contributed by atoms with Crippen LogP contribution in [0.2, 0.25) is 0 Å². The number of hydrogen-bond acceptors (Lipinski definition) is 6. The summed E-state index contributed by atoms with van der Waals surface area (Å²) in [5, 5.41) is 20.5. The van der Waals surface area contributed by atoms with Crippen molar-refractivity contribution in [1.82, 2.24) is 15.4 Å². The van der Waals surface area contributed by atoms with Crippen LogP contribution < -0.4 is 20.5 Å². The van der Waals surface area contributed by atoms with Gasteiger partial charge in [-0.1, -0.05) is 72.8 Å². The summed E-state index contributed by atoms with van der Waals surface area (Å²) in [6.45, 7) is 0.685. The molecule has 1 aliphatic rings. The van der Waals surface area contributed by atoms with Crippen LogP contribution >= 0.6 is 0 Å². The average molecular weight is 532 g/mol. The van der Waals surface area contributed by atoms with Crippen molar-refractivity contribution in [1.29, 1.82) is 5.26 Å². The molecular weight excluding hydrogens is 502 g/mol. The van der Waals surface area contributed by atoms with E-state index in [2.05, 4.69) is 15.4 Å². The second-order valence-corrected chi connectivity index (χ2v) is 10.5. The summed E-state index contributed by atoms with van der Waals surface area (Å²) in [6, 6.07) is 23.6. The highest BCUT2D eigenvalue weighted by Gasteiger charge is 2.37. The lowest BCUT2D eigenvalue weighted by molar-refractivity contribution is -0.130. The van der Waals surface area contributed by atoms with Gasteiger partial charge in [0.2, 0.25) is 5.91 Å². The van der Waals surface area contributed by atoms with Crippen LogP contribution in [0.1, 0.15) is 47.1 Å². The van der Waals surface area contributed by atoms with Crippen LogP contribution in [-0.4, -0.2) is 38.7 Å². The first kappa shape index (κ1) is 27.2. The van der Waals surface area contributed by atoms with Gasteiger partial charge in [0.05, 0.1) is 17.7 Å². The summed E-state index contributed by atoms with van der Waals surface area (Å²) in [7, 11) is -4.32. The van der Waals surface area contributed by atoms with E-state index in [-0.39, 0.29) is 5.78 Å². The molecule has 9 nitrogen and oxygen atoms in total. The Morgan fingerprint density at radius 3 is 1.97 bits per heavy atom. The number of amides is 1. The Morgan fingerprint density at radius 1 is 0.921 bits per heavy atom. The maximum Gasteiger partial charge on any atom is 0.275 e. The zero-order valence-corrected chi connectivity index (χ0v) is 21.4. The Morgan fingerprint density at radius 2 is 1.50 bits per heavy atom. The smallest absolute Gasteiger partial charge is 0.275 e. The van der Waals surface area contributed by atoms with Gasteiger partial charge in [0, 0.05) is 5.92 Å². The highest BCUT2D eigenvalue weighted by Crippen LogP contribution is 2.30. The Hall–Kier alpha value is -3.88. The highest BCUT2D eigenvalue weighted by molar-refractivity contribution is 7.87. The van der Waals surface area contributed by atoms with Crippen molar-refractivity contribution in [3.63, 3.8) is 0 Å². The first-order valence-corrected chi connectivity index (χ1v) is 13.8. The second kappa shape index (κ2) is 12.1. The molecule has 0 bridgehead atoms. The lowest BCUT2D eigenvalue weighted by atomic mass is 9.84. The van der Waals surface area contributed by atoms with Gasteiger partial charge in [-0.3, -0.25) is 9.59 Å². The molecule has 38 heavy (non-hydrogen) atoms. The van der Waals surface area contributed by atoms with Crippen molar-refractivity contribution in [3.8, 4) is 6.07 Å². The minimum atomic E-state index is -4.32. The van der Waals surface area contributed by atoms with Gasteiger partial charge < -0.3 is 10.6 Å². The van der Waals surface area contributed by atoms with E-state index in [0.717, 1.165) is 6.42 Å². The molecular formula is C28H29N5O4S. The van der Waals surface area contributed by atoms with Crippen molar-refractivity contribution in [3.05, 3.63) is 107 Å². The number of ketones is 1. The van der Waals surface area contributed by atoms with Gasteiger partial charge in [0.25, 0.3) is 10.2 Å². The summed E-state index contributed by atoms with van der Waals surface area (Å²) in [4.78, 5) is 27.5. The largest absolute Gasteiger partial charge is 0.341 e. The normalized spacial score (nSPS) is 16.9. The third-order valence-electron chi connectivity index (χ3n) is 6.57. The number of nitrogens with two attached hydrogens (primary N) is 1. The van der Waals surface area contributed by atoms with Gasteiger partial charge >= 0.3 is 0 Å². The fourth-order valence-electron chi connectivity index (χ4n) is 4.78. The molecule has 3 atom stereocenters. The van der Waals surface area contributed by atoms with Crippen molar-refractivity contribution < 1.29 is 18.0 Å². The van der Waals surface area contributed by atoms with E-state index in [1.54, 1.807) is 72.8 Å². The van der Waals surface area contributed by atoms with E-state index in [4.69, 9.17) is 5.14 Å². The summed E-state index contributed by atoms with van der Waals surface area (Å²) in [5.41, 5.74) is 2.27. The fraction of sp³-hybridized carbons (Fsp3) is 0.250. The number of nitrogens with zero attached hydrogens (tertiary/aromatic N) is 1. The third kappa shape index (κ3) is 6.70. The first-order chi connectivity index (χ1) is 18.3. The zero-order valence-electron chi connectivity index (χ0n) is 20.6. The van der Waals surface area contributed by atoms with Gasteiger partial charge in [-0.15, -0.1) is 0 Å². The molecule has 0 aliphatic carbocycles. The van der Waals surface area contributed by atoms with Gasteiger partial charge in [-0.25, -0.2) is 5.14 Å². The third-order valence-corrected chi connectivity index (χ3v) is 7.15. The quantitative estimate of drug-likeness (QED) is 0.314. The van der Waals surface area contributed by atoms with Crippen molar-refractivity contribution in [2.45, 2.75) is 36.9 Å². The SMILES string of the molecule is N#Cc1ccc(C(NC(=O)[C@H](NS(N)(=O)=O)C(c2ccccc2)c2ccccc2)C(=O)[C@@H]2CCCN2)cc1. The summed E-state index contributed by atoms with van der Waals surface area (Å²) in [6.07, 6.45) is 1.45. The highest BCUT2D eigenvalue weighted by atomic mass is 32.2. The average Bonchev–Trinajstić information content (AvgIpc) is 3.47. The van der Waals surface area contributed by atoms with E-state index >= 15 is 0 Å². The van der Waals surface area contributed by atoms with E-state index in [1.807, 2.05) is 18.2 Å². The predicted octanol–water partition coefficient (Wildman–Crippen LogP) is 2.03. The topological polar surface area (TPSA) is 154 Å². The van der Waals surface area contributed by atoms with Crippen molar-refractivity contribution >= 4 is 21.9 Å². The van der Waals surface area contributed by atoms with E-state index < -0.39 is 40.2 Å². The monoisotopic (exact) mass is 531 g/mol. The minimum absolute atomic E-state index is 0.245. The second-order valence-electron chi connectivity index (χ2n) is 9.17. The Kier molecular flexibility index (Phi) is 8.66. The number of hydrogen-bond donors (Lipinski definition) is 4. The molecule has 0 radical (unpaired) electrons. The van der Waals surface area contributed by atoms with Crippen molar-refractivity contribution in [2.24, 2.45) is 5.14 Å². The van der Waals surface area contributed by atoms with Gasteiger partial charge in [-0.05, 0) is 48.2 Å². The molecule has 4 rings (SSSR count). The summed E-state index contributed by atoms with van der Waals surface area (Å²) >= 11 is 0. The molecule has 1 heterocycles. The van der Waals surface area contributed by atoms with Gasteiger partial charge in [-0.2, -0.15) is 18.4 Å². The maximum absolute atomic E-state index is 13.9. The van der Waals surface area contributed by atoms with Crippen LogP contribution in [0.25, 0.3) is 0 Å². The van der Waals surface area contributed by atoms with E-state index in [9.17, 15) is 23.3 Å². The molecule has 10 heteroatoms. The summed E-state index contributed by atoms with van der Waals surface area (Å²) < 4.78 is 26.8. The van der Waals surface area contributed by atoms with E-state index in [1.165, 1.54) is 0 Å². The number of rotatable bonds is 10. The van der Waals surface area contributed by atoms with E-state index in [0.29, 0.717) is 35.2 Å². The van der Waals surface area contributed by atoms with Crippen LogP contribution in [0, 0.1) is 11.3 Å². The maximum atomic E-state index is 13.9. The van der Waals surface area contributed by atoms with Crippen LogP contribution in [0.5, 0.6) is 0 Å². The summed E-state index contributed by atoms with van der Waals surface area (Å²) in [5.74, 6) is -1.69. The first-order valence-electron chi connectivity index (χ1n) is 12.2. The molecule has 1 amide bonds. The van der Waals surface area contributed by atoms with Gasteiger partial charge in [0.1, 0.15) is 12.1 Å². The lowest BCUT2D eigenvalue weighted by Gasteiger charge is -2.30. The van der Waals surface area contributed by atoms with Crippen molar-refractivity contribution in [2.75, 3.05) is 6.54 Å². The predicted molar refractivity (Wildman–Crippen MR) is 143 cm³/mol. The molecule has 1 unspecified atom stereocenters. The number of benzene rings is 3. The molecule has 3 aromatic rings. The molecule has 3 aromatic carbocycles. The zero-order chi connectivity index (χ0) is 27.1. The van der Waals surface area contributed by atoms with Crippen LogP contribution in [0.3, 0.4) is 0 Å². The van der Waals surface area contributed by atoms with Crippen LogP contribution in [0.4, 0.5) is 0 Å². The molecule has 1 aliphatic heterocycles. The van der Waals surface area contributed by atoms with Crippen LogP contribution in [-0.2, 0) is 19.8 Å². The number of carbonyl (C=O) groups is 2. The number of nitrogens with one attached hydrogen (secondary N) is 3. The van der Waals surface area contributed by atoms with Crippen LogP contribution in [0.15, 0.2) is 84.9 Å². The van der Waals surface area contributed by atoms with Gasteiger partial charge in [0.15, 0.2) is 5.78 Å². The number of nitriles is 1. The Labute approximate surface area is 222 Å².